The molecule has 7 heteroatoms. The molecule has 0 bridgehead atoms. The molecule has 3 amide bonds. The highest BCUT2D eigenvalue weighted by Crippen LogP contribution is 2.26. The lowest BCUT2D eigenvalue weighted by atomic mass is 10.3. The molecule has 0 aliphatic carbocycles. The van der Waals surface area contributed by atoms with Crippen LogP contribution in [0.4, 0.5) is 4.79 Å². The van der Waals surface area contributed by atoms with Gasteiger partial charge in [0.25, 0.3) is 5.91 Å². The summed E-state index contributed by atoms with van der Waals surface area (Å²) in [7, 11) is 0. The molecule has 1 aliphatic rings. The minimum atomic E-state index is -2.01. The molecule has 1 fully saturated rings. The predicted molar refractivity (Wildman–Crippen MR) is 37.1 cm³/mol. The van der Waals surface area contributed by atoms with E-state index in [1.165, 1.54) is 0 Å². The maximum absolute atomic E-state index is 10.7. The fourth-order valence-corrected chi connectivity index (χ4v) is 0.765. The Labute approximate surface area is 71.7 Å². The van der Waals surface area contributed by atoms with Crippen LogP contribution >= 0.6 is 23.2 Å². The van der Waals surface area contributed by atoms with Gasteiger partial charge in [-0.2, -0.15) is 0 Å². The molecule has 11 heavy (non-hydrogen) atoms. The largest absolute Gasteiger partial charge is 0.370 e. The van der Waals surface area contributed by atoms with Crippen LogP contribution < -0.4 is 10.6 Å². The first-order chi connectivity index (χ1) is 4.94. The number of alkyl halides is 2. The second-order valence-corrected chi connectivity index (χ2v) is 3.34. The number of rotatable bonds is 0. The molecular weight excluding hydrogens is 195 g/mol. The molecule has 1 rings (SSSR count). The van der Waals surface area contributed by atoms with Gasteiger partial charge in [-0.3, -0.25) is 10.1 Å². The van der Waals surface area contributed by atoms with Crippen LogP contribution in [0.1, 0.15) is 0 Å². The summed E-state index contributed by atoms with van der Waals surface area (Å²) in [5, 5.41) is 12.6. The van der Waals surface area contributed by atoms with E-state index in [-0.39, 0.29) is 0 Å². The van der Waals surface area contributed by atoms with Crippen molar-refractivity contribution in [1.29, 1.82) is 0 Å². The molecule has 1 saturated heterocycles. The van der Waals surface area contributed by atoms with Crippen LogP contribution in [0.25, 0.3) is 0 Å². The van der Waals surface area contributed by atoms with Gasteiger partial charge in [0.2, 0.25) is 4.33 Å². The quantitative estimate of drug-likeness (QED) is 0.452. The van der Waals surface area contributed by atoms with E-state index in [1.807, 2.05) is 5.32 Å². The summed E-state index contributed by atoms with van der Waals surface area (Å²) in [5.41, 5.74) is 0. The third-order valence-electron chi connectivity index (χ3n) is 1.14. The summed E-state index contributed by atoms with van der Waals surface area (Å²) >= 11 is 10.7. The zero-order valence-electron chi connectivity index (χ0n) is 5.10. The van der Waals surface area contributed by atoms with Crippen molar-refractivity contribution in [3.63, 3.8) is 0 Å². The third kappa shape index (κ3) is 1.40. The summed E-state index contributed by atoms with van der Waals surface area (Å²) in [6.07, 6.45) is -1.58. The van der Waals surface area contributed by atoms with Crippen molar-refractivity contribution in [1.82, 2.24) is 10.6 Å². The van der Waals surface area contributed by atoms with Crippen LogP contribution in [0.2, 0.25) is 0 Å². The highest BCUT2D eigenvalue weighted by molar-refractivity contribution is 6.59. The van der Waals surface area contributed by atoms with E-state index >= 15 is 0 Å². The Morgan fingerprint density at radius 3 is 2.45 bits per heavy atom. The first kappa shape index (κ1) is 8.58. The summed E-state index contributed by atoms with van der Waals surface area (Å²) in [4.78, 5) is 21.2. The number of hydrogen-bond acceptors (Lipinski definition) is 3. The van der Waals surface area contributed by atoms with Gasteiger partial charge < -0.3 is 10.4 Å². The van der Waals surface area contributed by atoms with Crippen LogP contribution in [0, 0.1) is 0 Å². The van der Waals surface area contributed by atoms with Gasteiger partial charge in [0.1, 0.15) is 0 Å². The van der Waals surface area contributed by atoms with Gasteiger partial charge in [0.05, 0.1) is 0 Å². The Morgan fingerprint density at radius 1 is 1.45 bits per heavy atom. The summed E-state index contributed by atoms with van der Waals surface area (Å²) in [5.74, 6) is -0.933. The van der Waals surface area contributed by atoms with Crippen LogP contribution in [0.3, 0.4) is 0 Å². The number of nitrogens with one attached hydrogen (secondary N) is 2. The molecule has 1 atom stereocenters. The van der Waals surface area contributed by atoms with Gasteiger partial charge in [0.15, 0.2) is 6.23 Å². The lowest BCUT2D eigenvalue weighted by Crippen LogP contribution is -2.63. The highest BCUT2D eigenvalue weighted by atomic mass is 35.5. The topological polar surface area (TPSA) is 78.4 Å². The predicted octanol–water partition coefficient (Wildman–Crippen LogP) is -0.682. The van der Waals surface area contributed by atoms with Gasteiger partial charge in [-0.15, -0.1) is 0 Å². The molecule has 62 valence electrons. The maximum Gasteiger partial charge on any atom is 0.323 e. The fraction of sp³-hybridized carbons (Fsp3) is 0.500. The lowest BCUT2D eigenvalue weighted by Gasteiger charge is -2.29. The van der Waals surface area contributed by atoms with Crippen molar-refractivity contribution in [2.24, 2.45) is 0 Å². The Morgan fingerprint density at radius 2 is 2.00 bits per heavy atom. The highest BCUT2D eigenvalue weighted by Gasteiger charge is 2.47. The van der Waals surface area contributed by atoms with Gasteiger partial charge in [-0.05, 0) is 0 Å². The minimum Gasteiger partial charge on any atom is -0.370 e. The molecule has 1 unspecified atom stereocenters. The molecular formula is C4H4Cl2N2O3. The number of aliphatic hydroxyl groups excluding tert-OH is 1. The molecule has 0 aromatic carbocycles. The van der Waals surface area contributed by atoms with Crippen molar-refractivity contribution < 1.29 is 14.7 Å². The van der Waals surface area contributed by atoms with E-state index < -0.39 is 22.5 Å². The van der Waals surface area contributed by atoms with Crippen molar-refractivity contribution in [3.8, 4) is 0 Å². The Hall–Kier alpha value is -0.520. The van der Waals surface area contributed by atoms with E-state index in [0.717, 1.165) is 0 Å². The van der Waals surface area contributed by atoms with Gasteiger partial charge in [-0.1, -0.05) is 23.2 Å². The summed E-state index contributed by atoms with van der Waals surface area (Å²) in [6.45, 7) is 0. The van der Waals surface area contributed by atoms with Crippen LogP contribution in [0.15, 0.2) is 0 Å². The number of amides is 3. The van der Waals surface area contributed by atoms with Crippen molar-refractivity contribution in [3.05, 3.63) is 0 Å². The zero-order valence-corrected chi connectivity index (χ0v) is 6.61. The van der Waals surface area contributed by atoms with E-state index in [0.29, 0.717) is 0 Å². The summed E-state index contributed by atoms with van der Waals surface area (Å²) in [6, 6.07) is -0.820. The maximum atomic E-state index is 10.7. The molecule has 3 N–H and O–H groups in total. The molecule has 1 aliphatic heterocycles. The molecule has 0 aromatic rings. The average molecular weight is 199 g/mol. The Bertz CT molecular complexity index is 217. The number of aliphatic hydroxyl groups is 1. The monoisotopic (exact) mass is 198 g/mol. The van der Waals surface area contributed by atoms with Crippen molar-refractivity contribution in [2.45, 2.75) is 10.6 Å². The first-order valence-corrected chi connectivity index (χ1v) is 3.38. The fourth-order valence-electron chi connectivity index (χ4n) is 0.562. The van der Waals surface area contributed by atoms with Gasteiger partial charge in [0, 0.05) is 0 Å². The number of hydrogen-bond donors (Lipinski definition) is 3. The van der Waals surface area contributed by atoms with Crippen LogP contribution in [-0.2, 0) is 4.79 Å². The van der Waals surface area contributed by atoms with Gasteiger partial charge >= 0.3 is 6.03 Å². The zero-order chi connectivity index (χ0) is 8.65. The van der Waals surface area contributed by atoms with E-state index in [4.69, 9.17) is 28.3 Å². The number of halogens is 2. The summed E-state index contributed by atoms with van der Waals surface area (Å²) < 4.78 is -2.01. The number of imide groups is 1. The Kier molecular flexibility index (Phi) is 1.96. The van der Waals surface area contributed by atoms with Gasteiger partial charge in [-0.25, -0.2) is 4.79 Å². The van der Waals surface area contributed by atoms with E-state index in [9.17, 15) is 9.59 Å². The van der Waals surface area contributed by atoms with Crippen molar-refractivity contribution >= 4 is 35.1 Å². The SMILES string of the molecule is O=C1NC(=O)C(Cl)(Cl)C(O)N1. The smallest absolute Gasteiger partial charge is 0.323 e. The van der Waals surface area contributed by atoms with Crippen molar-refractivity contribution in [2.75, 3.05) is 0 Å². The number of carbonyl (C=O) groups is 2. The number of carbonyl (C=O) groups excluding carboxylic acids is 2. The second kappa shape index (κ2) is 2.51. The van der Waals surface area contributed by atoms with Crippen LogP contribution in [0.5, 0.6) is 0 Å². The normalized spacial score (nSPS) is 29.2. The average Bonchev–Trinajstić information content (AvgIpc) is 1.84. The molecule has 1 heterocycles. The second-order valence-electron chi connectivity index (χ2n) is 1.95. The minimum absolute atomic E-state index is 0.820. The molecule has 5 nitrogen and oxygen atoms in total. The molecule has 0 saturated carbocycles. The molecule has 0 aromatic heterocycles. The standard InChI is InChI=1S/C4H4Cl2N2O3/c5-4(6)1(9)7-3(11)8-2(4)10/h1,9H,(H2,7,8,10,11). The Balaban J connectivity index is 2.84. The third-order valence-corrected chi connectivity index (χ3v) is 1.90. The first-order valence-electron chi connectivity index (χ1n) is 2.62. The number of urea groups is 1. The van der Waals surface area contributed by atoms with E-state index in [1.54, 1.807) is 5.32 Å². The molecule has 0 radical (unpaired) electrons. The van der Waals surface area contributed by atoms with E-state index in [2.05, 4.69) is 0 Å². The van der Waals surface area contributed by atoms with Crippen LogP contribution in [-0.4, -0.2) is 27.6 Å². The lowest BCUT2D eigenvalue weighted by molar-refractivity contribution is -0.124. The molecule has 0 spiro atoms.